The zero-order chi connectivity index (χ0) is 19.2. The summed E-state index contributed by atoms with van der Waals surface area (Å²) in [7, 11) is 0. The fraction of sp³-hybridized carbons (Fsp3) is 0.316. The van der Waals surface area contributed by atoms with E-state index in [9.17, 15) is 14.4 Å². The molecule has 0 bridgehead atoms. The predicted molar refractivity (Wildman–Crippen MR) is 96.5 cm³/mol. The quantitative estimate of drug-likeness (QED) is 0.564. The number of carbonyl (C=O) groups excluding carboxylic acids is 3. The van der Waals surface area contributed by atoms with Crippen LogP contribution in [0.2, 0.25) is 0 Å². The summed E-state index contributed by atoms with van der Waals surface area (Å²) >= 11 is 0. The van der Waals surface area contributed by atoms with Gasteiger partial charge in [-0.25, -0.2) is 4.79 Å². The lowest BCUT2D eigenvalue weighted by molar-refractivity contribution is -0.123. The van der Waals surface area contributed by atoms with Crippen molar-refractivity contribution in [3.63, 3.8) is 0 Å². The summed E-state index contributed by atoms with van der Waals surface area (Å²) in [4.78, 5) is 35.7. The number of benzene rings is 1. The van der Waals surface area contributed by atoms with Crippen molar-refractivity contribution in [2.24, 2.45) is 0 Å². The normalized spacial score (nSPS) is 10.5. The van der Waals surface area contributed by atoms with Crippen LogP contribution in [0.5, 0.6) is 0 Å². The summed E-state index contributed by atoms with van der Waals surface area (Å²) in [5.41, 5.74) is 0.810. The Morgan fingerprint density at radius 3 is 2.35 bits per heavy atom. The Balaban J connectivity index is 2.55. The second-order valence-corrected chi connectivity index (χ2v) is 5.20. The average Bonchev–Trinajstić information content (AvgIpc) is 2.66. The molecule has 3 amide bonds. The van der Waals surface area contributed by atoms with Crippen molar-refractivity contribution >= 4 is 17.9 Å². The first-order chi connectivity index (χ1) is 12.6. The van der Waals surface area contributed by atoms with Crippen molar-refractivity contribution in [2.45, 2.75) is 25.5 Å². The Labute approximate surface area is 152 Å². The molecular formula is C19H21N3O4. The van der Waals surface area contributed by atoms with E-state index in [1.807, 2.05) is 18.2 Å². The second kappa shape index (κ2) is 12.0. The number of amides is 3. The number of carbonyl (C=O) groups is 3. The highest BCUT2D eigenvalue weighted by molar-refractivity contribution is 5.86. The molecular weight excluding hydrogens is 334 g/mol. The molecule has 0 saturated heterocycles. The first-order valence-electron chi connectivity index (χ1n) is 7.95. The molecule has 136 valence electrons. The van der Waals surface area contributed by atoms with Crippen LogP contribution >= 0.6 is 0 Å². The lowest BCUT2D eigenvalue weighted by Gasteiger charge is -2.17. The summed E-state index contributed by atoms with van der Waals surface area (Å²) in [6, 6.07) is 8.15. The van der Waals surface area contributed by atoms with Crippen molar-refractivity contribution in [3.8, 4) is 24.7 Å². The molecule has 0 fully saturated rings. The molecule has 0 spiro atoms. The van der Waals surface area contributed by atoms with Gasteiger partial charge in [-0.3, -0.25) is 9.59 Å². The summed E-state index contributed by atoms with van der Waals surface area (Å²) < 4.78 is 5.09. The van der Waals surface area contributed by atoms with Crippen LogP contribution in [0, 0.1) is 24.7 Å². The van der Waals surface area contributed by atoms with Crippen LogP contribution in [0.1, 0.15) is 18.4 Å². The number of ether oxygens (including phenoxy) is 1. The van der Waals surface area contributed by atoms with E-state index in [0.717, 1.165) is 5.56 Å². The lowest BCUT2D eigenvalue weighted by atomic mass is 10.1. The molecule has 1 aromatic rings. The number of nitrogens with one attached hydrogen (secondary N) is 3. The molecule has 0 aromatic heterocycles. The van der Waals surface area contributed by atoms with E-state index in [1.165, 1.54) is 0 Å². The van der Waals surface area contributed by atoms with Crippen LogP contribution in [-0.2, 0) is 20.9 Å². The lowest BCUT2D eigenvalue weighted by Crippen LogP contribution is -2.47. The number of alkyl carbamates (subject to hydrolysis) is 1. The Bertz CT molecular complexity index is 689. The maximum absolute atomic E-state index is 12.1. The van der Waals surface area contributed by atoms with Crippen LogP contribution in [0.3, 0.4) is 0 Å². The third kappa shape index (κ3) is 8.42. The first kappa shape index (κ1) is 20.6. The zero-order valence-corrected chi connectivity index (χ0v) is 14.3. The van der Waals surface area contributed by atoms with Crippen molar-refractivity contribution in [1.29, 1.82) is 0 Å². The van der Waals surface area contributed by atoms with E-state index in [-0.39, 0.29) is 38.4 Å². The minimum atomic E-state index is -0.955. The van der Waals surface area contributed by atoms with Gasteiger partial charge in [0.05, 0.1) is 13.1 Å². The molecule has 7 heteroatoms. The molecule has 7 nitrogen and oxygen atoms in total. The minimum absolute atomic E-state index is 0.00872. The molecule has 26 heavy (non-hydrogen) atoms. The van der Waals surface area contributed by atoms with E-state index >= 15 is 0 Å². The van der Waals surface area contributed by atoms with Gasteiger partial charge in [-0.05, 0) is 12.0 Å². The minimum Gasteiger partial charge on any atom is -0.445 e. The summed E-state index contributed by atoms with van der Waals surface area (Å²) in [5.74, 6) is 3.73. The van der Waals surface area contributed by atoms with Gasteiger partial charge in [-0.15, -0.1) is 12.8 Å². The van der Waals surface area contributed by atoms with E-state index in [1.54, 1.807) is 12.1 Å². The standard InChI is InChI=1S/C19H21N3O4/c1-3-12-20-17(23)11-10-16(18(24)21-13-4-2)22-19(25)26-14-15-8-6-5-7-9-15/h1-2,5-9,16H,10-14H2,(H,20,23)(H,21,24)(H,22,25)/t16-/m0/s1. The number of hydrogen-bond acceptors (Lipinski definition) is 4. The second-order valence-electron chi connectivity index (χ2n) is 5.20. The predicted octanol–water partition coefficient (Wildman–Crippen LogP) is 0.560. The third-order valence-electron chi connectivity index (χ3n) is 3.23. The molecule has 1 aromatic carbocycles. The number of terminal acetylenes is 2. The highest BCUT2D eigenvalue weighted by Gasteiger charge is 2.22. The maximum atomic E-state index is 12.1. The van der Waals surface area contributed by atoms with Crippen molar-refractivity contribution < 1.29 is 19.1 Å². The zero-order valence-electron chi connectivity index (χ0n) is 14.3. The molecule has 3 N–H and O–H groups in total. The molecule has 0 unspecified atom stereocenters. The molecule has 1 rings (SSSR count). The maximum Gasteiger partial charge on any atom is 0.408 e. The van der Waals surface area contributed by atoms with Gasteiger partial charge in [0.25, 0.3) is 0 Å². The number of rotatable bonds is 9. The van der Waals surface area contributed by atoms with Gasteiger partial charge in [0.15, 0.2) is 0 Å². The SMILES string of the molecule is C#CCNC(=O)CC[C@H](NC(=O)OCc1ccccc1)C(=O)NCC#C. The van der Waals surface area contributed by atoms with E-state index in [2.05, 4.69) is 27.8 Å². The van der Waals surface area contributed by atoms with Crippen LogP contribution in [0.15, 0.2) is 30.3 Å². The summed E-state index contributed by atoms with van der Waals surface area (Å²) in [6.45, 7) is 0.173. The smallest absolute Gasteiger partial charge is 0.408 e. The molecule has 0 heterocycles. The molecule has 0 aliphatic heterocycles. The topological polar surface area (TPSA) is 96.5 Å². The molecule has 0 aliphatic rings. The molecule has 0 saturated carbocycles. The molecule has 1 atom stereocenters. The van der Waals surface area contributed by atoms with Crippen LogP contribution in [0.25, 0.3) is 0 Å². The van der Waals surface area contributed by atoms with Crippen LogP contribution in [0.4, 0.5) is 4.79 Å². The highest BCUT2D eigenvalue weighted by Crippen LogP contribution is 2.03. The Morgan fingerprint density at radius 1 is 1.04 bits per heavy atom. The average molecular weight is 355 g/mol. The van der Waals surface area contributed by atoms with Gasteiger partial charge in [0.2, 0.25) is 11.8 Å². The van der Waals surface area contributed by atoms with Gasteiger partial charge in [0.1, 0.15) is 12.6 Å². The van der Waals surface area contributed by atoms with E-state index in [4.69, 9.17) is 17.6 Å². The monoisotopic (exact) mass is 355 g/mol. The fourth-order valence-electron chi connectivity index (χ4n) is 1.95. The molecule has 0 aliphatic carbocycles. The van der Waals surface area contributed by atoms with E-state index in [0.29, 0.717) is 0 Å². The first-order valence-corrected chi connectivity index (χ1v) is 7.95. The highest BCUT2D eigenvalue weighted by atomic mass is 16.5. The van der Waals surface area contributed by atoms with Gasteiger partial charge >= 0.3 is 6.09 Å². The van der Waals surface area contributed by atoms with E-state index < -0.39 is 18.0 Å². The van der Waals surface area contributed by atoms with Crippen molar-refractivity contribution in [1.82, 2.24) is 16.0 Å². The van der Waals surface area contributed by atoms with Gasteiger partial charge in [-0.1, -0.05) is 42.2 Å². The Kier molecular flexibility index (Phi) is 9.50. The summed E-state index contributed by atoms with van der Waals surface area (Å²) in [5, 5.41) is 7.40. The van der Waals surface area contributed by atoms with Crippen molar-refractivity contribution in [3.05, 3.63) is 35.9 Å². The largest absolute Gasteiger partial charge is 0.445 e. The van der Waals surface area contributed by atoms with Gasteiger partial charge in [0, 0.05) is 6.42 Å². The summed E-state index contributed by atoms with van der Waals surface area (Å²) in [6.07, 6.45) is 9.49. The Morgan fingerprint density at radius 2 is 1.69 bits per heavy atom. The van der Waals surface area contributed by atoms with Crippen molar-refractivity contribution in [2.75, 3.05) is 13.1 Å². The van der Waals surface area contributed by atoms with Gasteiger partial charge in [-0.2, -0.15) is 0 Å². The number of hydrogen-bond donors (Lipinski definition) is 3. The van der Waals surface area contributed by atoms with Gasteiger partial charge < -0.3 is 20.7 Å². The molecule has 0 radical (unpaired) electrons. The van der Waals surface area contributed by atoms with Crippen LogP contribution in [-0.4, -0.2) is 37.0 Å². The third-order valence-corrected chi connectivity index (χ3v) is 3.23. The van der Waals surface area contributed by atoms with Crippen LogP contribution < -0.4 is 16.0 Å². The Hall–Kier alpha value is -3.45. The fourth-order valence-corrected chi connectivity index (χ4v) is 1.95.